The van der Waals surface area contributed by atoms with E-state index in [2.05, 4.69) is 34.6 Å². The molecule has 0 spiro atoms. The molecule has 2 aromatic heterocycles. The van der Waals surface area contributed by atoms with Crippen LogP contribution in [0.15, 0.2) is 30.3 Å². The number of rotatable bonds is 3. The molecular weight excluding hydrogens is 407 g/mol. The number of nitrogens with zero attached hydrogens (tertiary/aromatic N) is 4. The summed E-state index contributed by atoms with van der Waals surface area (Å²) in [5.74, 6) is -0.354. The minimum Gasteiger partial charge on any atom is -0.383 e. The standard InChI is InChI=1S/C25H31FN4O2/c1-15(2)20-13-19(21-16(3)28-30(22(21)27-20)24(4,5)6)23(31)29-12-11-25(32,14-29)17-7-9-18(26)10-8-17/h7-10,13,15,32H,11-12,14H2,1-6H3. The summed E-state index contributed by atoms with van der Waals surface area (Å²) >= 11 is 0. The molecule has 0 radical (unpaired) electrons. The Morgan fingerprint density at radius 2 is 1.88 bits per heavy atom. The number of hydrogen-bond acceptors (Lipinski definition) is 4. The predicted molar refractivity (Wildman–Crippen MR) is 122 cm³/mol. The number of benzene rings is 1. The van der Waals surface area contributed by atoms with Crippen molar-refractivity contribution < 1.29 is 14.3 Å². The van der Waals surface area contributed by atoms with Gasteiger partial charge in [-0.15, -0.1) is 0 Å². The number of carbonyl (C=O) groups is 1. The number of likely N-dealkylation sites (tertiary alicyclic amines) is 1. The molecule has 1 unspecified atom stereocenters. The van der Waals surface area contributed by atoms with Gasteiger partial charge in [-0.3, -0.25) is 4.79 Å². The Morgan fingerprint density at radius 3 is 2.47 bits per heavy atom. The zero-order valence-corrected chi connectivity index (χ0v) is 19.6. The highest BCUT2D eigenvalue weighted by Gasteiger charge is 2.40. The lowest BCUT2D eigenvalue weighted by molar-refractivity contribution is 0.0417. The topological polar surface area (TPSA) is 71.2 Å². The second-order valence-corrected chi connectivity index (χ2v) is 10.1. The van der Waals surface area contributed by atoms with E-state index in [9.17, 15) is 14.3 Å². The Balaban J connectivity index is 1.77. The van der Waals surface area contributed by atoms with E-state index in [1.807, 2.05) is 17.7 Å². The number of aryl methyl sites for hydroxylation is 1. The third kappa shape index (κ3) is 3.79. The van der Waals surface area contributed by atoms with Crippen LogP contribution < -0.4 is 0 Å². The molecule has 1 amide bonds. The van der Waals surface area contributed by atoms with Crippen LogP contribution in [0.5, 0.6) is 0 Å². The molecule has 1 aliphatic rings. The number of halogens is 1. The van der Waals surface area contributed by atoms with Gasteiger partial charge in [-0.05, 0) is 63.8 Å². The molecule has 4 rings (SSSR count). The van der Waals surface area contributed by atoms with Crippen molar-refractivity contribution >= 4 is 16.9 Å². The van der Waals surface area contributed by atoms with E-state index in [-0.39, 0.29) is 29.7 Å². The SMILES string of the molecule is Cc1nn(C(C)(C)C)c2nc(C(C)C)cc(C(=O)N3CCC(O)(c4ccc(F)cc4)C3)c12. The van der Waals surface area contributed by atoms with Crippen molar-refractivity contribution in [3.8, 4) is 0 Å². The van der Waals surface area contributed by atoms with E-state index in [4.69, 9.17) is 10.1 Å². The maximum Gasteiger partial charge on any atom is 0.254 e. The molecule has 1 aromatic carbocycles. The van der Waals surface area contributed by atoms with E-state index in [1.165, 1.54) is 12.1 Å². The number of carbonyl (C=O) groups excluding carboxylic acids is 1. The van der Waals surface area contributed by atoms with Gasteiger partial charge in [-0.25, -0.2) is 14.1 Å². The van der Waals surface area contributed by atoms with E-state index in [0.29, 0.717) is 29.7 Å². The molecule has 1 aliphatic heterocycles. The molecule has 1 saturated heterocycles. The van der Waals surface area contributed by atoms with Gasteiger partial charge >= 0.3 is 0 Å². The first-order valence-corrected chi connectivity index (χ1v) is 11.1. The van der Waals surface area contributed by atoms with Gasteiger partial charge < -0.3 is 10.0 Å². The van der Waals surface area contributed by atoms with Crippen molar-refractivity contribution in [2.45, 2.75) is 65.0 Å². The van der Waals surface area contributed by atoms with E-state index < -0.39 is 5.60 Å². The molecule has 3 aromatic rings. The molecule has 1 fully saturated rings. The number of aromatic nitrogens is 3. The Morgan fingerprint density at radius 1 is 1.22 bits per heavy atom. The number of aliphatic hydroxyl groups is 1. The normalized spacial score (nSPS) is 19.3. The first kappa shape index (κ1) is 22.4. The third-order valence-electron chi connectivity index (χ3n) is 6.21. The molecule has 0 saturated carbocycles. The fraction of sp³-hybridized carbons (Fsp3) is 0.480. The number of pyridine rings is 1. The van der Waals surface area contributed by atoms with Crippen LogP contribution in [0.2, 0.25) is 0 Å². The number of hydrogen-bond donors (Lipinski definition) is 1. The van der Waals surface area contributed by atoms with Gasteiger partial charge in [0.1, 0.15) is 11.4 Å². The summed E-state index contributed by atoms with van der Waals surface area (Å²) in [5, 5.41) is 16.7. The smallest absolute Gasteiger partial charge is 0.254 e. The summed E-state index contributed by atoms with van der Waals surface area (Å²) in [6.07, 6.45) is 0.399. The largest absolute Gasteiger partial charge is 0.383 e. The summed E-state index contributed by atoms with van der Waals surface area (Å²) in [7, 11) is 0. The van der Waals surface area contributed by atoms with Crippen LogP contribution in [0.4, 0.5) is 4.39 Å². The zero-order chi connectivity index (χ0) is 23.4. The van der Waals surface area contributed by atoms with Crippen LogP contribution in [0, 0.1) is 12.7 Å². The summed E-state index contributed by atoms with van der Waals surface area (Å²) in [4.78, 5) is 20.2. The molecule has 0 aliphatic carbocycles. The monoisotopic (exact) mass is 438 g/mol. The van der Waals surface area contributed by atoms with Crippen molar-refractivity contribution in [2.75, 3.05) is 13.1 Å². The van der Waals surface area contributed by atoms with Crippen molar-refractivity contribution in [3.05, 3.63) is 58.7 Å². The molecule has 1 N–H and O–H groups in total. The van der Waals surface area contributed by atoms with Crippen LogP contribution in [-0.2, 0) is 11.1 Å². The van der Waals surface area contributed by atoms with Crippen LogP contribution >= 0.6 is 0 Å². The first-order chi connectivity index (χ1) is 14.9. The molecule has 6 nitrogen and oxygen atoms in total. The van der Waals surface area contributed by atoms with Crippen LogP contribution in [0.3, 0.4) is 0 Å². The lowest BCUT2D eigenvalue weighted by Crippen LogP contribution is -2.34. The Labute approximate surface area is 188 Å². The summed E-state index contributed by atoms with van der Waals surface area (Å²) in [5.41, 5.74) is 2.00. The van der Waals surface area contributed by atoms with Gasteiger partial charge in [0.15, 0.2) is 5.65 Å². The predicted octanol–water partition coefficient (Wildman–Crippen LogP) is 4.49. The van der Waals surface area contributed by atoms with Crippen molar-refractivity contribution in [2.24, 2.45) is 0 Å². The molecular formula is C25H31FN4O2. The third-order valence-corrected chi connectivity index (χ3v) is 6.21. The van der Waals surface area contributed by atoms with Gasteiger partial charge in [0.05, 0.1) is 28.7 Å². The Kier molecular flexibility index (Phi) is 5.36. The van der Waals surface area contributed by atoms with Gasteiger partial charge in [0.25, 0.3) is 5.91 Å². The lowest BCUT2D eigenvalue weighted by Gasteiger charge is -2.24. The van der Waals surface area contributed by atoms with Crippen LogP contribution in [-0.4, -0.2) is 43.8 Å². The minimum absolute atomic E-state index is 0.143. The highest BCUT2D eigenvalue weighted by molar-refractivity contribution is 6.06. The zero-order valence-electron chi connectivity index (χ0n) is 19.6. The van der Waals surface area contributed by atoms with Crippen molar-refractivity contribution in [3.63, 3.8) is 0 Å². The fourth-order valence-corrected chi connectivity index (χ4v) is 4.37. The average molecular weight is 439 g/mol. The quantitative estimate of drug-likeness (QED) is 0.654. The van der Waals surface area contributed by atoms with Crippen molar-refractivity contribution in [1.29, 1.82) is 0 Å². The molecule has 0 bridgehead atoms. The highest BCUT2D eigenvalue weighted by atomic mass is 19.1. The van der Waals surface area contributed by atoms with Gasteiger partial charge in [0.2, 0.25) is 0 Å². The molecule has 32 heavy (non-hydrogen) atoms. The second-order valence-electron chi connectivity index (χ2n) is 10.1. The van der Waals surface area contributed by atoms with Crippen molar-refractivity contribution in [1.82, 2.24) is 19.7 Å². The van der Waals surface area contributed by atoms with Gasteiger partial charge in [-0.1, -0.05) is 26.0 Å². The second kappa shape index (κ2) is 7.66. The molecule has 7 heteroatoms. The number of fused-ring (bicyclic) bond motifs is 1. The number of β-amino-alcohol motifs (C(OH)–C–C–N with tert-alkyl or cyclic N) is 1. The maximum absolute atomic E-state index is 13.7. The lowest BCUT2D eigenvalue weighted by atomic mass is 9.93. The van der Waals surface area contributed by atoms with E-state index in [0.717, 1.165) is 16.8 Å². The van der Waals surface area contributed by atoms with E-state index in [1.54, 1.807) is 17.0 Å². The summed E-state index contributed by atoms with van der Waals surface area (Å²) in [6, 6.07) is 7.71. The summed E-state index contributed by atoms with van der Waals surface area (Å²) < 4.78 is 15.2. The number of amides is 1. The first-order valence-electron chi connectivity index (χ1n) is 11.1. The molecule has 1 atom stereocenters. The van der Waals surface area contributed by atoms with Gasteiger partial charge in [-0.2, -0.15) is 5.10 Å². The summed E-state index contributed by atoms with van der Waals surface area (Å²) in [6.45, 7) is 12.8. The molecule has 170 valence electrons. The van der Waals surface area contributed by atoms with Gasteiger partial charge in [0, 0.05) is 12.2 Å². The Hall–Kier alpha value is -2.80. The molecule has 3 heterocycles. The maximum atomic E-state index is 13.7. The van der Waals surface area contributed by atoms with E-state index >= 15 is 0 Å². The van der Waals surface area contributed by atoms with Crippen LogP contribution in [0.1, 0.15) is 74.3 Å². The highest BCUT2D eigenvalue weighted by Crippen LogP contribution is 2.35. The minimum atomic E-state index is -1.19. The fourth-order valence-electron chi connectivity index (χ4n) is 4.37. The Bertz CT molecular complexity index is 1180. The average Bonchev–Trinajstić information content (AvgIpc) is 3.28. The van der Waals surface area contributed by atoms with Crippen LogP contribution in [0.25, 0.3) is 11.0 Å².